The molecule has 0 bridgehead atoms. The molecule has 0 heterocycles. The molecule has 1 N–H and O–H groups in total. The third-order valence-corrected chi connectivity index (χ3v) is 4.47. The topological polar surface area (TPSA) is 46.2 Å². The quantitative estimate of drug-likeness (QED) is 0.849. The van der Waals surface area contributed by atoms with Gasteiger partial charge in [0.15, 0.2) is 0 Å². The van der Waals surface area contributed by atoms with Crippen LogP contribution >= 0.6 is 11.8 Å². The van der Waals surface area contributed by atoms with Crippen LogP contribution in [0.2, 0.25) is 0 Å². The minimum absolute atomic E-state index is 0.325. The Hall–Kier alpha value is -0.520. The van der Waals surface area contributed by atoms with E-state index in [0.29, 0.717) is 17.4 Å². The molecule has 0 aliphatic heterocycles. The summed E-state index contributed by atoms with van der Waals surface area (Å²) in [7, 11) is -3.33. The zero-order chi connectivity index (χ0) is 12.0. The lowest BCUT2D eigenvalue weighted by molar-refractivity contribution is 0.562. The number of thioether (sulfide) groups is 1. The molecule has 1 rings (SSSR count). The standard InChI is InChI=1S/C11H17NO2S2/c1-10(9-15-2)8-12-16(13,14)11-6-4-3-5-7-11/h3-7,10,12H,8-9H2,1-2H3. The molecule has 1 aromatic rings. The average Bonchev–Trinajstić information content (AvgIpc) is 2.28. The van der Waals surface area contributed by atoms with E-state index < -0.39 is 10.0 Å². The minimum Gasteiger partial charge on any atom is -0.211 e. The van der Waals surface area contributed by atoms with Gasteiger partial charge >= 0.3 is 0 Å². The summed E-state index contributed by atoms with van der Waals surface area (Å²) in [5.74, 6) is 1.30. The number of hydrogen-bond donors (Lipinski definition) is 1. The molecular formula is C11H17NO2S2. The fourth-order valence-corrected chi connectivity index (χ4v) is 3.15. The Morgan fingerprint density at radius 3 is 2.50 bits per heavy atom. The van der Waals surface area contributed by atoms with Gasteiger partial charge < -0.3 is 0 Å². The van der Waals surface area contributed by atoms with E-state index in [9.17, 15) is 8.42 Å². The second-order valence-corrected chi connectivity index (χ2v) is 6.40. The summed E-state index contributed by atoms with van der Waals surface area (Å²) in [6.07, 6.45) is 2.02. The predicted octanol–water partition coefficient (Wildman–Crippen LogP) is 1.96. The highest BCUT2D eigenvalue weighted by Crippen LogP contribution is 2.09. The van der Waals surface area contributed by atoms with Crippen LogP contribution in [-0.4, -0.2) is 27.0 Å². The Kier molecular flexibility index (Phi) is 5.31. The van der Waals surface area contributed by atoms with E-state index in [2.05, 4.69) is 4.72 Å². The lowest BCUT2D eigenvalue weighted by Gasteiger charge is -2.11. The first kappa shape index (κ1) is 13.5. The first-order valence-electron chi connectivity index (χ1n) is 5.10. The van der Waals surface area contributed by atoms with Gasteiger partial charge in [-0.25, -0.2) is 13.1 Å². The molecule has 0 radical (unpaired) electrons. The maximum Gasteiger partial charge on any atom is 0.240 e. The zero-order valence-electron chi connectivity index (χ0n) is 9.51. The summed E-state index contributed by atoms with van der Waals surface area (Å²) in [5.41, 5.74) is 0. The molecule has 5 heteroatoms. The molecule has 90 valence electrons. The number of hydrogen-bond acceptors (Lipinski definition) is 3. The Bertz CT molecular complexity index is 403. The van der Waals surface area contributed by atoms with Crippen molar-refractivity contribution in [2.75, 3.05) is 18.6 Å². The van der Waals surface area contributed by atoms with Crippen molar-refractivity contribution >= 4 is 21.8 Å². The molecule has 1 atom stereocenters. The highest BCUT2D eigenvalue weighted by Gasteiger charge is 2.13. The fourth-order valence-electron chi connectivity index (χ4n) is 1.28. The maximum absolute atomic E-state index is 11.8. The molecule has 1 aromatic carbocycles. The van der Waals surface area contributed by atoms with Gasteiger partial charge in [0.2, 0.25) is 10.0 Å². The average molecular weight is 259 g/mol. The van der Waals surface area contributed by atoms with Crippen molar-refractivity contribution in [3.63, 3.8) is 0 Å². The van der Waals surface area contributed by atoms with E-state index in [1.807, 2.05) is 13.2 Å². The van der Waals surface area contributed by atoms with E-state index in [0.717, 1.165) is 5.75 Å². The van der Waals surface area contributed by atoms with Gasteiger partial charge in [-0.2, -0.15) is 11.8 Å². The van der Waals surface area contributed by atoms with Crippen LogP contribution in [0, 0.1) is 5.92 Å². The second-order valence-electron chi connectivity index (χ2n) is 3.73. The largest absolute Gasteiger partial charge is 0.240 e. The fraction of sp³-hybridized carbons (Fsp3) is 0.455. The van der Waals surface area contributed by atoms with Gasteiger partial charge in [-0.1, -0.05) is 25.1 Å². The van der Waals surface area contributed by atoms with Gasteiger partial charge in [0, 0.05) is 6.54 Å². The van der Waals surface area contributed by atoms with Crippen molar-refractivity contribution in [1.29, 1.82) is 0 Å². The van der Waals surface area contributed by atoms with E-state index in [4.69, 9.17) is 0 Å². The summed E-state index contributed by atoms with van der Waals surface area (Å²) >= 11 is 1.72. The van der Waals surface area contributed by atoms with Crippen molar-refractivity contribution in [1.82, 2.24) is 4.72 Å². The van der Waals surface area contributed by atoms with E-state index in [-0.39, 0.29) is 0 Å². The predicted molar refractivity (Wildman–Crippen MR) is 69.2 cm³/mol. The number of sulfonamides is 1. The van der Waals surface area contributed by atoms with Crippen LogP contribution in [0.5, 0.6) is 0 Å². The van der Waals surface area contributed by atoms with Gasteiger partial charge in [0.25, 0.3) is 0 Å². The van der Waals surface area contributed by atoms with Crippen LogP contribution in [0.3, 0.4) is 0 Å². The van der Waals surface area contributed by atoms with Gasteiger partial charge in [-0.05, 0) is 30.1 Å². The number of benzene rings is 1. The highest BCUT2D eigenvalue weighted by molar-refractivity contribution is 7.98. The van der Waals surface area contributed by atoms with Gasteiger partial charge in [0.05, 0.1) is 4.90 Å². The molecular weight excluding hydrogens is 242 g/mol. The van der Waals surface area contributed by atoms with Crippen molar-refractivity contribution in [3.8, 4) is 0 Å². The van der Waals surface area contributed by atoms with Crippen molar-refractivity contribution in [3.05, 3.63) is 30.3 Å². The molecule has 3 nitrogen and oxygen atoms in total. The monoisotopic (exact) mass is 259 g/mol. The van der Waals surface area contributed by atoms with E-state index in [1.54, 1.807) is 42.1 Å². The second kappa shape index (κ2) is 6.27. The Morgan fingerprint density at radius 1 is 1.31 bits per heavy atom. The summed E-state index contributed by atoms with van der Waals surface area (Å²) in [6, 6.07) is 8.44. The van der Waals surface area contributed by atoms with Crippen LogP contribution < -0.4 is 4.72 Å². The summed E-state index contributed by atoms with van der Waals surface area (Å²) in [5, 5.41) is 0. The van der Waals surface area contributed by atoms with E-state index in [1.165, 1.54) is 0 Å². The third kappa shape index (κ3) is 4.15. The SMILES string of the molecule is CSCC(C)CNS(=O)(=O)c1ccccc1. The van der Waals surface area contributed by atoms with Crippen molar-refractivity contribution in [2.45, 2.75) is 11.8 Å². The highest BCUT2D eigenvalue weighted by atomic mass is 32.2. The molecule has 0 aromatic heterocycles. The first-order chi connectivity index (χ1) is 7.56. The molecule has 1 unspecified atom stereocenters. The number of rotatable bonds is 6. The van der Waals surface area contributed by atoms with Crippen LogP contribution in [-0.2, 0) is 10.0 Å². The lowest BCUT2D eigenvalue weighted by atomic mass is 10.2. The molecule has 0 saturated heterocycles. The summed E-state index contributed by atoms with van der Waals surface area (Å²) in [6.45, 7) is 2.52. The third-order valence-electron chi connectivity index (χ3n) is 2.13. The molecule has 0 spiro atoms. The van der Waals surface area contributed by atoms with Gasteiger partial charge in [-0.15, -0.1) is 0 Å². The maximum atomic E-state index is 11.8. The Labute approximate surface area is 102 Å². The number of nitrogens with one attached hydrogen (secondary N) is 1. The van der Waals surface area contributed by atoms with Crippen LogP contribution in [0.25, 0.3) is 0 Å². The lowest BCUT2D eigenvalue weighted by Crippen LogP contribution is -2.29. The zero-order valence-corrected chi connectivity index (χ0v) is 11.1. The van der Waals surface area contributed by atoms with Gasteiger partial charge in [-0.3, -0.25) is 0 Å². The normalized spacial score (nSPS) is 13.6. The molecule has 0 aliphatic rings. The molecule has 0 amide bonds. The van der Waals surface area contributed by atoms with Crippen molar-refractivity contribution in [2.24, 2.45) is 5.92 Å². The summed E-state index contributed by atoms with van der Waals surface area (Å²) in [4.78, 5) is 0.325. The van der Waals surface area contributed by atoms with Crippen molar-refractivity contribution < 1.29 is 8.42 Å². The summed E-state index contributed by atoms with van der Waals surface area (Å²) < 4.78 is 26.3. The van der Waals surface area contributed by atoms with Crippen LogP contribution in [0.15, 0.2) is 35.2 Å². The van der Waals surface area contributed by atoms with E-state index >= 15 is 0 Å². The van der Waals surface area contributed by atoms with Crippen LogP contribution in [0.4, 0.5) is 0 Å². The molecule has 0 aliphatic carbocycles. The molecule has 16 heavy (non-hydrogen) atoms. The Morgan fingerprint density at radius 2 is 1.94 bits per heavy atom. The minimum atomic E-state index is -3.33. The molecule has 0 fully saturated rings. The molecule has 0 saturated carbocycles. The van der Waals surface area contributed by atoms with Crippen LogP contribution in [0.1, 0.15) is 6.92 Å². The first-order valence-corrected chi connectivity index (χ1v) is 7.97. The Balaban J connectivity index is 2.60. The smallest absolute Gasteiger partial charge is 0.211 e. The van der Waals surface area contributed by atoms with Gasteiger partial charge in [0.1, 0.15) is 0 Å².